The third-order valence-corrected chi connectivity index (χ3v) is 3.70. The summed E-state index contributed by atoms with van der Waals surface area (Å²) in [7, 11) is 1.59. The zero-order valence-electron chi connectivity index (χ0n) is 14.7. The first kappa shape index (κ1) is 18.9. The summed E-state index contributed by atoms with van der Waals surface area (Å²) in [5.41, 5.74) is 4.51. The van der Waals surface area contributed by atoms with E-state index in [9.17, 15) is 14.9 Å². The summed E-state index contributed by atoms with van der Waals surface area (Å²) in [5, 5.41) is 17.8. The molecule has 136 valence electrons. The van der Waals surface area contributed by atoms with Crippen LogP contribution in [0.3, 0.4) is 0 Å². The molecule has 0 fully saturated rings. The first-order chi connectivity index (χ1) is 12.4. The molecule has 0 aliphatic carbocycles. The minimum absolute atomic E-state index is 0.00268. The number of nitro groups is 1. The van der Waals surface area contributed by atoms with Gasteiger partial charge in [-0.05, 0) is 55.8 Å². The fraction of sp³-hybridized carbons (Fsp3) is 0.222. The molecular weight excluding hydrogens is 336 g/mol. The van der Waals surface area contributed by atoms with E-state index in [0.717, 1.165) is 11.4 Å². The van der Waals surface area contributed by atoms with Crippen LogP contribution in [0, 0.1) is 10.1 Å². The quantitative estimate of drug-likeness (QED) is 0.451. The van der Waals surface area contributed by atoms with Crippen molar-refractivity contribution in [2.24, 2.45) is 5.10 Å². The van der Waals surface area contributed by atoms with Crippen molar-refractivity contribution in [2.75, 3.05) is 12.4 Å². The average Bonchev–Trinajstić information content (AvgIpc) is 2.66. The van der Waals surface area contributed by atoms with Crippen LogP contribution >= 0.6 is 0 Å². The summed E-state index contributed by atoms with van der Waals surface area (Å²) < 4.78 is 5.09. The number of nitro benzene ring substituents is 1. The summed E-state index contributed by atoms with van der Waals surface area (Å²) in [6, 6.07) is 12.7. The Morgan fingerprint density at radius 1 is 1.15 bits per heavy atom. The lowest BCUT2D eigenvalue weighted by Crippen LogP contribution is -2.35. The Hall–Kier alpha value is -3.42. The molecule has 2 N–H and O–H groups in total. The Balaban J connectivity index is 1.94. The van der Waals surface area contributed by atoms with E-state index in [2.05, 4.69) is 15.8 Å². The molecule has 2 aromatic carbocycles. The number of carbonyl (C=O) groups is 1. The smallest absolute Gasteiger partial charge is 0.269 e. The van der Waals surface area contributed by atoms with Crippen LogP contribution in [0.2, 0.25) is 0 Å². The number of anilines is 1. The Morgan fingerprint density at radius 3 is 2.31 bits per heavy atom. The van der Waals surface area contributed by atoms with Crippen LogP contribution in [-0.4, -0.2) is 29.7 Å². The number of nitrogens with one attached hydrogen (secondary N) is 2. The van der Waals surface area contributed by atoms with Crippen LogP contribution in [0.15, 0.2) is 53.6 Å². The van der Waals surface area contributed by atoms with Crippen LogP contribution in [0.5, 0.6) is 5.75 Å². The molecule has 0 bridgehead atoms. The molecular formula is C18H20N4O4. The largest absolute Gasteiger partial charge is 0.497 e. The van der Waals surface area contributed by atoms with Gasteiger partial charge in [0.2, 0.25) is 0 Å². The van der Waals surface area contributed by atoms with E-state index in [1.807, 2.05) is 12.1 Å². The van der Waals surface area contributed by atoms with Gasteiger partial charge < -0.3 is 10.1 Å². The van der Waals surface area contributed by atoms with Crippen molar-refractivity contribution < 1.29 is 14.5 Å². The number of hydrogen-bond acceptors (Lipinski definition) is 6. The standard InChI is InChI=1S/C18H20N4O4/c1-12(14-4-8-16(9-5-14)22(24)25)20-21-18(23)13(2)19-15-6-10-17(26-3)11-7-15/h4-11,13,19H,1-3H3,(H,21,23)/t13-/m0/s1. The maximum absolute atomic E-state index is 12.2. The van der Waals surface area contributed by atoms with Gasteiger partial charge in [0.15, 0.2) is 0 Å². The molecule has 0 unspecified atom stereocenters. The molecule has 2 rings (SSSR count). The number of benzene rings is 2. The highest BCUT2D eigenvalue weighted by molar-refractivity contribution is 5.99. The number of non-ortho nitro benzene ring substituents is 1. The van der Waals surface area contributed by atoms with Gasteiger partial charge in [0.1, 0.15) is 11.8 Å². The highest BCUT2D eigenvalue weighted by Gasteiger charge is 2.12. The van der Waals surface area contributed by atoms with Crippen LogP contribution in [0.4, 0.5) is 11.4 Å². The molecule has 8 heteroatoms. The van der Waals surface area contributed by atoms with Crippen LogP contribution in [0.1, 0.15) is 19.4 Å². The molecule has 0 aliphatic heterocycles. The second-order valence-electron chi connectivity index (χ2n) is 5.57. The monoisotopic (exact) mass is 356 g/mol. The predicted octanol–water partition coefficient (Wildman–Crippen LogP) is 2.94. The lowest BCUT2D eigenvalue weighted by atomic mass is 10.1. The number of rotatable bonds is 7. The van der Waals surface area contributed by atoms with Gasteiger partial charge in [-0.1, -0.05) is 0 Å². The van der Waals surface area contributed by atoms with Crippen molar-refractivity contribution >= 4 is 23.0 Å². The fourth-order valence-corrected chi connectivity index (χ4v) is 2.13. The molecule has 1 amide bonds. The molecule has 0 spiro atoms. The molecule has 0 saturated carbocycles. The minimum atomic E-state index is -0.503. The molecule has 0 radical (unpaired) electrons. The lowest BCUT2D eigenvalue weighted by molar-refractivity contribution is -0.384. The van der Waals surface area contributed by atoms with Crippen molar-refractivity contribution in [1.29, 1.82) is 0 Å². The third-order valence-electron chi connectivity index (χ3n) is 3.70. The second kappa shape index (κ2) is 8.61. The van der Waals surface area contributed by atoms with E-state index in [-0.39, 0.29) is 11.6 Å². The van der Waals surface area contributed by atoms with E-state index in [0.29, 0.717) is 11.3 Å². The zero-order valence-corrected chi connectivity index (χ0v) is 14.7. The normalized spacial score (nSPS) is 12.2. The number of hydrogen-bond donors (Lipinski definition) is 2. The Morgan fingerprint density at radius 2 is 1.77 bits per heavy atom. The number of nitrogens with zero attached hydrogens (tertiary/aromatic N) is 2. The summed E-state index contributed by atoms with van der Waals surface area (Å²) >= 11 is 0. The number of hydrazone groups is 1. The Labute approximate surface area is 151 Å². The third kappa shape index (κ3) is 5.04. The molecule has 1 atom stereocenters. The molecule has 8 nitrogen and oxygen atoms in total. The van der Waals surface area contributed by atoms with Crippen molar-refractivity contribution in [3.8, 4) is 5.75 Å². The van der Waals surface area contributed by atoms with Gasteiger partial charge in [-0.3, -0.25) is 14.9 Å². The lowest BCUT2D eigenvalue weighted by Gasteiger charge is -2.14. The van der Waals surface area contributed by atoms with E-state index < -0.39 is 11.0 Å². The van der Waals surface area contributed by atoms with Crippen molar-refractivity contribution in [1.82, 2.24) is 5.43 Å². The van der Waals surface area contributed by atoms with E-state index >= 15 is 0 Å². The highest BCUT2D eigenvalue weighted by atomic mass is 16.6. The summed E-state index contributed by atoms with van der Waals surface area (Å²) in [5.74, 6) is 0.429. The van der Waals surface area contributed by atoms with E-state index in [4.69, 9.17) is 4.74 Å². The van der Waals surface area contributed by atoms with Gasteiger partial charge in [0.25, 0.3) is 11.6 Å². The molecule has 0 heterocycles. The Bertz CT molecular complexity index is 801. The van der Waals surface area contributed by atoms with Gasteiger partial charge in [-0.2, -0.15) is 5.10 Å². The second-order valence-corrected chi connectivity index (χ2v) is 5.57. The van der Waals surface area contributed by atoms with E-state index in [1.165, 1.54) is 12.1 Å². The first-order valence-electron chi connectivity index (χ1n) is 7.90. The topological polar surface area (TPSA) is 106 Å². The molecule has 0 aliphatic rings. The fourth-order valence-electron chi connectivity index (χ4n) is 2.13. The Kier molecular flexibility index (Phi) is 6.26. The number of carbonyl (C=O) groups excluding carboxylic acids is 1. The van der Waals surface area contributed by atoms with Gasteiger partial charge in [-0.15, -0.1) is 0 Å². The molecule has 0 aromatic heterocycles. The molecule has 2 aromatic rings. The highest BCUT2D eigenvalue weighted by Crippen LogP contribution is 2.16. The van der Waals surface area contributed by atoms with Gasteiger partial charge in [0.05, 0.1) is 17.7 Å². The number of methoxy groups -OCH3 is 1. The predicted molar refractivity (Wildman–Crippen MR) is 99.5 cm³/mol. The van der Waals surface area contributed by atoms with Crippen LogP contribution in [-0.2, 0) is 4.79 Å². The van der Waals surface area contributed by atoms with Gasteiger partial charge in [0, 0.05) is 17.8 Å². The minimum Gasteiger partial charge on any atom is -0.497 e. The number of ether oxygens (including phenoxy) is 1. The summed E-state index contributed by atoms with van der Waals surface area (Å²) in [6.07, 6.45) is 0. The van der Waals surface area contributed by atoms with Crippen molar-refractivity contribution in [3.63, 3.8) is 0 Å². The summed E-state index contributed by atoms with van der Waals surface area (Å²) in [4.78, 5) is 22.3. The first-order valence-corrected chi connectivity index (χ1v) is 7.90. The summed E-state index contributed by atoms with van der Waals surface area (Å²) in [6.45, 7) is 3.43. The maximum Gasteiger partial charge on any atom is 0.269 e. The molecule has 0 saturated heterocycles. The van der Waals surface area contributed by atoms with Crippen LogP contribution < -0.4 is 15.5 Å². The number of amides is 1. The average molecular weight is 356 g/mol. The zero-order chi connectivity index (χ0) is 19.1. The van der Waals surface area contributed by atoms with Gasteiger partial charge in [-0.25, -0.2) is 5.43 Å². The van der Waals surface area contributed by atoms with Gasteiger partial charge >= 0.3 is 0 Å². The maximum atomic E-state index is 12.2. The van der Waals surface area contributed by atoms with E-state index in [1.54, 1.807) is 45.2 Å². The van der Waals surface area contributed by atoms with Crippen LogP contribution in [0.25, 0.3) is 0 Å². The van der Waals surface area contributed by atoms with Crippen molar-refractivity contribution in [3.05, 3.63) is 64.2 Å². The molecule has 26 heavy (non-hydrogen) atoms. The SMILES string of the molecule is COc1ccc(N[C@@H](C)C(=O)NN=C(C)c2ccc([N+](=O)[O-])cc2)cc1. The van der Waals surface area contributed by atoms with Crippen molar-refractivity contribution in [2.45, 2.75) is 19.9 Å².